The van der Waals surface area contributed by atoms with Crippen molar-refractivity contribution >= 4 is 0 Å². The molecule has 1 aromatic rings. The van der Waals surface area contributed by atoms with Gasteiger partial charge in [0.25, 0.3) is 0 Å². The van der Waals surface area contributed by atoms with E-state index in [9.17, 15) is 0 Å². The zero-order valence-electron chi connectivity index (χ0n) is 13.0. The molecule has 0 heterocycles. The molecule has 108 valence electrons. The van der Waals surface area contributed by atoms with Crippen LogP contribution in [0.2, 0.25) is 0 Å². The Morgan fingerprint density at radius 3 is 2.32 bits per heavy atom. The second-order valence-corrected chi connectivity index (χ2v) is 5.32. The Morgan fingerprint density at radius 1 is 1.16 bits per heavy atom. The molecule has 3 heteroatoms. The van der Waals surface area contributed by atoms with Crippen LogP contribution >= 0.6 is 0 Å². The zero-order valence-corrected chi connectivity index (χ0v) is 13.0. The number of hydrogen-bond acceptors (Lipinski definition) is 3. The van der Waals surface area contributed by atoms with Gasteiger partial charge in [-0.25, -0.2) is 0 Å². The van der Waals surface area contributed by atoms with Crippen molar-refractivity contribution in [2.24, 2.45) is 0 Å². The van der Waals surface area contributed by atoms with E-state index in [1.54, 1.807) is 14.2 Å². The van der Waals surface area contributed by atoms with E-state index in [2.05, 4.69) is 38.2 Å². The minimum Gasteiger partial charge on any atom is -0.496 e. The molecule has 0 aliphatic heterocycles. The molecule has 0 saturated heterocycles. The number of nitrogens with one attached hydrogen (secondary N) is 1. The van der Waals surface area contributed by atoms with E-state index >= 15 is 0 Å². The smallest absolute Gasteiger partial charge is 0.122 e. The standard InChI is InChI=1S/C16H27NO2/c1-11(2)14-8-15(12(3)7-16(14)19-6)13(9-17-4)10-18-5/h7-8,11,13,17H,9-10H2,1-6H3. The summed E-state index contributed by atoms with van der Waals surface area (Å²) in [7, 11) is 5.47. The lowest BCUT2D eigenvalue weighted by Crippen LogP contribution is -2.22. The SMILES string of the molecule is CNCC(COC)c1cc(C(C)C)c(OC)cc1C. The van der Waals surface area contributed by atoms with E-state index < -0.39 is 0 Å². The summed E-state index contributed by atoms with van der Waals surface area (Å²) in [6.07, 6.45) is 0. The quantitative estimate of drug-likeness (QED) is 0.822. The molecule has 1 rings (SSSR count). The van der Waals surface area contributed by atoms with E-state index in [1.165, 1.54) is 16.7 Å². The summed E-state index contributed by atoms with van der Waals surface area (Å²) >= 11 is 0. The molecule has 0 aliphatic carbocycles. The van der Waals surface area contributed by atoms with Crippen molar-refractivity contribution in [2.75, 3.05) is 34.4 Å². The second-order valence-electron chi connectivity index (χ2n) is 5.32. The largest absolute Gasteiger partial charge is 0.496 e. The first-order chi connectivity index (χ1) is 9.04. The summed E-state index contributed by atoms with van der Waals surface area (Å²) in [4.78, 5) is 0. The average Bonchev–Trinajstić information content (AvgIpc) is 2.37. The van der Waals surface area contributed by atoms with Gasteiger partial charge in [-0.05, 0) is 42.6 Å². The summed E-state index contributed by atoms with van der Waals surface area (Å²) in [6, 6.07) is 4.42. The van der Waals surface area contributed by atoms with Gasteiger partial charge in [0.05, 0.1) is 13.7 Å². The van der Waals surface area contributed by atoms with Gasteiger partial charge in [-0.15, -0.1) is 0 Å². The van der Waals surface area contributed by atoms with Gasteiger partial charge in [-0.2, -0.15) is 0 Å². The number of likely N-dealkylation sites (N-methyl/N-ethyl adjacent to an activating group) is 1. The average molecular weight is 265 g/mol. The lowest BCUT2D eigenvalue weighted by molar-refractivity contribution is 0.178. The predicted molar refractivity (Wildman–Crippen MR) is 80.4 cm³/mol. The Balaban J connectivity index is 3.21. The van der Waals surface area contributed by atoms with E-state index in [-0.39, 0.29) is 0 Å². The van der Waals surface area contributed by atoms with Gasteiger partial charge in [0.15, 0.2) is 0 Å². The van der Waals surface area contributed by atoms with Gasteiger partial charge >= 0.3 is 0 Å². The van der Waals surface area contributed by atoms with Crippen LogP contribution < -0.4 is 10.1 Å². The topological polar surface area (TPSA) is 30.5 Å². The second kappa shape index (κ2) is 7.51. The Morgan fingerprint density at radius 2 is 1.84 bits per heavy atom. The summed E-state index contributed by atoms with van der Waals surface area (Å²) in [5, 5.41) is 3.24. The molecule has 0 fully saturated rings. The molecule has 1 aromatic carbocycles. The van der Waals surface area contributed by atoms with Crippen LogP contribution in [-0.2, 0) is 4.74 Å². The first-order valence-corrected chi connectivity index (χ1v) is 6.87. The first kappa shape index (κ1) is 16.0. The van der Waals surface area contributed by atoms with Crippen LogP contribution in [0.25, 0.3) is 0 Å². The number of aryl methyl sites for hydroxylation is 1. The number of benzene rings is 1. The minimum atomic E-state index is 0.374. The Labute approximate surface area is 117 Å². The molecule has 0 bridgehead atoms. The molecule has 0 aliphatic rings. The Hall–Kier alpha value is -1.06. The van der Waals surface area contributed by atoms with Crippen molar-refractivity contribution in [3.63, 3.8) is 0 Å². The van der Waals surface area contributed by atoms with Gasteiger partial charge in [0, 0.05) is 19.6 Å². The van der Waals surface area contributed by atoms with E-state index in [0.29, 0.717) is 11.8 Å². The molecule has 1 atom stereocenters. The van der Waals surface area contributed by atoms with Crippen LogP contribution in [0.1, 0.15) is 42.4 Å². The van der Waals surface area contributed by atoms with E-state index in [0.717, 1.165) is 18.9 Å². The maximum atomic E-state index is 5.50. The highest BCUT2D eigenvalue weighted by molar-refractivity contribution is 5.45. The Bertz CT molecular complexity index is 396. The van der Waals surface area contributed by atoms with Crippen molar-refractivity contribution in [3.8, 4) is 5.75 Å². The molecule has 0 amide bonds. The van der Waals surface area contributed by atoms with Crippen LogP contribution in [-0.4, -0.2) is 34.4 Å². The van der Waals surface area contributed by atoms with E-state index in [1.807, 2.05) is 7.05 Å². The van der Waals surface area contributed by atoms with Crippen molar-refractivity contribution in [1.29, 1.82) is 0 Å². The molecule has 0 radical (unpaired) electrons. The third-order valence-corrected chi connectivity index (χ3v) is 3.50. The molecule has 0 spiro atoms. The van der Waals surface area contributed by atoms with Gasteiger partial charge in [0.1, 0.15) is 5.75 Å². The fourth-order valence-corrected chi connectivity index (χ4v) is 2.49. The maximum absolute atomic E-state index is 5.50. The van der Waals surface area contributed by atoms with Crippen molar-refractivity contribution in [2.45, 2.75) is 32.6 Å². The molecule has 0 aromatic heterocycles. The summed E-state index contributed by atoms with van der Waals surface area (Å²) in [5.74, 6) is 1.81. The number of hydrogen-bond donors (Lipinski definition) is 1. The predicted octanol–water partition coefficient (Wildman–Crippen LogP) is 3.08. The highest BCUT2D eigenvalue weighted by Crippen LogP contribution is 2.32. The van der Waals surface area contributed by atoms with Crippen molar-refractivity contribution in [1.82, 2.24) is 5.32 Å². The summed E-state index contributed by atoms with van der Waals surface area (Å²) in [5.41, 5.74) is 3.87. The lowest BCUT2D eigenvalue weighted by atomic mass is 9.89. The fraction of sp³-hybridized carbons (Fsp3) is 0.625. The van der Waals surface area contributed by atoms with Gasteiger partial charge in [-0.1, -0.05) is 19.9 Å². The monoisotopic (exact) mass is 265 g/mol. The molecule has 19 heavy (non-hydrogen) atoms. The molecule has 1 unspecified atom stereocenters. The van der Waals surface area contributed by atoms with Crippen LogP contribution in [0.15, 0.2) is 12.1 Å². The minimum absolute atomic E-state index is 0.374. The Kier molecular flexibility index (Phi) is 6.32. The highest BCUT2D eigenvalue weighted by Gasteiger charge is 2.17. The molecule has 1 N–H and O–H groups in total. The van der Waals surface area contributed by atoms with Crippen LogP contribution in [0.4, 0.5) is 0 Å². The number of ether oxygens (including phenoxy) is 2. The van der Waals surface area contributed by atoms with Crippen molar-refractivity contribution in [3.05, 3.63) is 28.8 Å². The third-order valence-electron chi connectivity index (χ3n) is 3.50. The molecular weight excluding hydrogens is 238 g/mol. The maximum Gasteiger partial charge on any atom is 0.122 e. The van der Waals surface area contributed by atoms with Crippen LogP contribution in [0.3, 0.4) is 0 Å². The fourth-order valence-electron chi connectivity index (χ4n) is 2.49. The molecular formula is C16H27NO2. The van der Waals surface area contributed by atoms with Crippen molar-refractivity contribution < 1.29 is 9.47 Å². The van der Waals surface area contributed by atoms with E-state index in [4.69, 9.17) is 9.47 Å². The van der Waals surface area contributed by atoms with Crippen LogP contribution in [0.5, 0.6) is 5.75 Å². The molecule has 0 saturated carbocycles. The number of rotatable bonds is 7. The third kappa shape index (κ3) is 3.95. The van der Waals surface area contributed by atoms with Gasteiger partial charge < -0.3 is 14.8 Å². The van der Waals surface area contributed by atoms with Gasteiger partial charge in [-0.3, -0.25) is 0 Å². The summed E-state index contributed by atoms with van der Waals surface area (Å²) in [6.45, 7) is 8.17. The normalized spacial score (nSPS) is 12.8. The highest BCUT2D eigenvalue weighted by atomic mass is 16.5. The zero-order chi connectivity index (χ0) is 14.4. The number of methoxy groups -OCH3 is 2. The summed E-state index contributed by atoms with van der Waals surface area (Å²) < 4.78 is 10.8. The van der Waals surface area contributed by atoms with Crippen LogP contribution in [0, 0.1) is 6.92 Å². The lowest BCUT2D eigenvalue weighted by Gasteiger charge is -2.22. The molecule has 3 nitrogen and oxygen atoms in total. The van der Waals surface area contributed by atoms with Gasteiger partial charge in [0.2, 0.25) is 0 Å². The first-order valence-electron chi connectivity index (χ1n) is 6.87.